The molecule has 1 atom stereocenters. The molecule has 46 heavy (non-hydrogen) atoms. The molecule has 1 saturated heterocycles. The predicted octanol–water partition coefficient (Wildman–Crippen LogP) is 6.17. The minimum Gasteiger partial charge on any atom is -0.493 e. The van der Waals surface area contributed by atoms with E-state index in [0.29, 0.717) is 47.6 Å². The summed E-state index contributed by atoms with van der Waals surface area (Å²) in [6.45, 7) is 2.78. The third kappa shape index (κ3) is 7.91. The summed E-state index contributed by atoms with van der Waals surface area (Å²) in [5, 5.41) is 22.6. The van der Waals surface area contributed by atoms with Crippen LogP contribution >= 0.6 is 0 Å². The van der Waals surface area contributed by atoms with Crippen molar-refractivity contribution in [2.45, 2.75) is 37.6 Å². The maximum Gasteiger partial charge on any atom is 0.339 e. The highest BCUT2D eigenvalue weighted by Crippen LogP contribution is 2.42. The number of likely N-dealkylation sites (tertiary alicyclic amines) is 1. The molecule has 5 rings (SSSR count). The Hall–Kier alpha value is -4.31. The Bertz CT molecular complexity index is 1510. The molecule has 1 unspecified atom stereocenters. The highest BCUT2D eigenvalue weighted by Gasteiger charge is 2.41. The zero-order valence-electron chi connectivity index (χ0n) is 25.8. The maximum absolute atomic E-state index is 13.7. The molecular formula is C37H39F2NO6. The van der Waals surface area contributed by atoms with E-state index in [9.17, 15) is 23.8 Å². The molecule has 242 valence electrons. The first-order chi connectivity index (χ1) is 22.3. The van der Waals surface area contributed by atoms with Gasteiger partial charge >= 0.3 is 5.97 Å². The average molecular weight is 632 g/mol. The summed E-state index contributed by atoms with van der Waals surface area (Å²) in [5.41, 5.74) is 0.968. The van der Waals surface area contributed by atoms with Crippen LogP contribution in [0.2, 0.25) is 0 Å². The van der Waals surface area contributed by atoms with Crippen LogP contribution in [0, 0.1) is 17.6 Å². The molecule has 1 aliphatic rings. The second-order valence-electron chi connectivity index (χ2n) is 11.5. The van der Waals surface area contributed by atoms with Crippen LogP contribution in [-0.4, -0.2) is 54.4 Å². The Morgan fingerprint density at radius 2 is 1.50 bits per heavy atom. The number of aliphatic hydroxyl groups is 2. The molecule has 1 heterocycles. The molecule has 1 fully saturated rings. The minimum absolute atomic E-state index is 0.0656. The number of hydrogen-bond acceptors (Lipinski definition) is 7. The minimum atomic E-state index is -1.46. The molecule has 4 aromatic carbocycles. The monoisotopic (exact) mass is 631 g/mol. The molecule has 0 amide bonds. The summed E-state index contributed by atoms with van der Waals surface area (Å²) < 4.78 is 44.1. The lowest BCUT2D eigenvalue weighted by Crippen LogP contribution is -2.44. The first-order valence-electron chi connectivity index (χ1n) is 15.4. The fraction of sp³-hybridized carbons (Fsp3) is 0.324. The van der Waals surface area contributed by atoms with Crippen molar-refractivity contribution in [2.24, 2.45) is 5.92 Å². The highest BCUT2D eigenvalue weighted by atomic mass is 19.1. The Labute approximate surface area is 268 Å². The fourth-order valence-corrected chi connectivity index (χ4v) is 6.01. The number of rotatable bonds is 13. The van der Waals surface area contributed by atoms with Gasteiger partial charge in [0.25, 0.3) is 0 Å². The first kappa shape index (κ1) is 33.1. The van der Waals surface area contributed by atoms with Gasteiger partial charge in [-0.05, 0) is 96.9 Å². The quantitative estimate of drug-likeness (QED) is 0.135. The molecular weight excluding hydrogens is 592 g/mol. The van der Waals surface area contributed by atoms with E-state index in [-0.39, 0.29) is 24.2 Å². The van der Waals surface area contributed by atoms with Crippen molar-refractivity contribution in [3.05, 3.63) is 131 Å². The number of carbonyl (C=O) groups is 1. The number of benzene rings is 4. The number of carbonyl (C=O) groups excluding carboxylic acids is 1. The standard InChI is InChI=1S/C37H39F2NO6/c1-44-34-24-27(35(41)36(42)46-25-26-6-3-2-4-7-26)8-17-33(34)45-23-5-20-40-21-18-30(19-22-40)37(43,28-9-13-31(38)14-10-28)29-11-15-32(39)16-12-29/h2-4,6-17,24,30,35,41,43H,5,18-23,25H2,1H3. The van der Waals surface area contributed by atoms with Gasteiger partial charge in [0.2, 0.25) is 0 Å². The van der Waals surface area contributed by atoms with Crippen LogP contribution in [0.1, 0.15) is 47.6 Å². The van der Waals surface area contributed by atoms with E-state index in [1.807, 2.05) is 30.3 Å². The van der Waals surface area contributed by atoms with E-state index < -0.39 is 17.7 Å². The smallest absolute Gasteiger partial charge is 0.339 e. The normalized spacial score (nSPS) is 14.9. The number of piperidine rings is 1. The van der Waals surface area contributed by atoms with Crippen molar-refractivity contribution in [1.82, 2.24) is 4.90 Å². The number of hydrogen-bond donors (Lipinski definition) is 2. The van der Waals surface area contributed by atoms with E-state index in [1.54, 1.807) is 42.5 Å². The Morgan fingerprint density at radius 1 is 0.891 bits per heavy atom. The van der Waals surface area contributed by atoms with Gasteiger partial charge in [-0.25, -0.2) is 13.6 Å². The summed E-state index contributed by atoms with van der Waals surface area (Å²) >= 11 is 0. The topological polar surface area (TPSA) is 88.5 Å². The van der Waals surface area contributed by atoms with Crippen LogP contribution in [0.5, 0.6) is 11.5 Å². The van der Waals surface area contributed by atoms with Crippen LogP contribution in [-0.2, 0) is 21.7 Å². The number of methoxy groups -OCH3 is 1. The van der Waals surface area contributed by atoms with Gasteiger partial charge in [-0.3, -0.25) is 0 Å². The second-order valence-corrected chi connectivity index (χ2v) is 11.5. The first-order valence-corrected chi connectivity index (χ1v) is 15.4. The Balaban J connectivity index is 1.12. The van der Waals surface area contributed by atoms with Crippen molar-refractivity contribution < 1.29 is 38.0 Å². The molecule has 9 heteroatoms. The van der Waals surface area contributed by atoms with Gasteiger partial charge in [-0.15, -0.1) is 0 Å². The molecule has 0 saturated carbocycles. The molecule has 0 radical (unpaired) electrons. The zero-order chi connectivity index (χ0) is 32.5. The summed E-state index contributed by atoms with van der Waals surface area (Å²) in [5.74, 6) is -0.755. The van der Waals surface area contributed by atoms with Crippen LogP contribution in [0.4, 0.5) is 8.78 Å². The zero-order valence-corrected chi connectivity index (χ0v) is 25.8. The summed E-state index contributed by atoms with van der Waals surface area (Å²) in [4.78, 5) is 14.7. The molecule has 0 spiro atoms. The lowest BCUT2D eigenvalue weighted by molar-refractivity contribution is -0.155. The van der Waals surface area contributed by atoms with E-state index in [2.05, 4.69) is 4.90 Å². The molecule has 0 aliphatic carbocycles. The van der Waals surface area contributed by atoms with Crippen LogP contribution < -0.4 is 9.47 Å². The molecule has 7 nitrogen and oxygen atoms in total. The number of ether oxygens (including phenoxy) is 3. The van der Waals surface area contributed by atoms with Crippen molar-refractivity contribution in [3.63, 3.8) is 0 Å². The largest absolute Gasteiger partial charge is 0.493 e. The predicted molar refractivity (Wildman–Crippen MR) is 169 cm³/mol. The molecule has 1 aliphatic heterocycles. The lowest BCUT2D eigenvalue weighted by atomic mass is 9.72. The van der Waals surface area contributed by atoms with Gasteiger partial charge in [0.15, 0.2) is 17.6 Å². The van der Waals surface area contributed by atoms with Gasteiger partial charge in [0.05, 0.1) is 13.7 Å². The highest BCUT2D eigenvalue weighted by molar-refractivity contribution is 5.76. The number of nitrogens with zero attached hydrogens (tertiary/aromatic N) is 1. The molecule has 4 aromatic rings. The lowest BCUT2D eigenvalue weighted by Gasteiger charge is -2.42. The van der Waals surface area contributed by atoms with Crippen LogP contribution in [0.15, 0.2) is 97.1 Å². The third-order valence-electron chi connectivity index (χ3n) is 8.57. The van der Waals surface area contributed by atoms with Gasteiger partial charge in [0.1, 0.15) is 23.8 Å². The third-order valence-corrected chi connectivity index (χ3v) is 8.57. The second kappa shape index (κ2) is 15.3. The van der Waals surface area contributed by atoms with Crippen molar-refractivity contribution in [3.8, 4) is 11.5 Å². The van der Waals surface area contributed by atoms with E-state index >= 15 is 0 Å². The molecule has 2 N–H and O–H groups in total. The van der Waals surface area contributed by atoms with E-state index in [1.165, 1.54) is 31.4 Å². The fourth-order valence-electron chi connectivity index (χ4n) is 6.01. The van der Waals surface area contributed by atoms with Gasteiger partial charge < -0.3 is 29.3 Å². The summed E-state index contributed by atoms with van der Waals surface area (Å²) in [6, 6.07) is 25.8. The van der Waals surface area contributed by atoms with Crippen molar-refractivity contribution >= 4 is 5.97 Å². The Morgan fingerprint density at radius 3 is 2.09 bits per heavy atom. The van der Waals surface area contributed by atoms with Crippen molar-refractivity contribution in [2.75, 3.05) is 33.4 Å². The van der Waals surface area contributed by atoms with Crippen LogP contribution in [0.3, 0.4) is 0 Å². The number of halogens is 2. The van der Waals surface area contributed by atoms with Crippen molar-refractivity contribution in [1.29, 1.82) is 0 Å². The summed E-state index contributed by atoms with van der Waals surface area (Å²) in [6.07, 6.45) is 0.692. The van der Waals surface area contributed by atoms with E-state index in [4.69, 9.17) is 14.2 Å². The average Bonchev–Trinajstić information content (AvgIpc) is 3.09. The van der Waals surface area contributed by atoms with Crippen LogP contribution in [0.25, 0.3) is 0 Å². The molecule has 0 aromatic heterocycles. The number of aliphatic hydroxyl groups excluding tert-OH is 1. The Kier molecular flexibility index (Phi) is 11.0. The molecule has 0 bridgehead atoms. The summed E-state index contributed by atoms with van der Waals surface area (Å²) in [7, 11) is 1.50. The maximum atomic E-state index is 13.7. The van der Waals surface area contributed by atoms with Gasteiger partial charge in [-0.1, -0.05) is 60.7 Å². The van der Waals surface area contributed by atoms with Gasteiger partial charge in [-0.2, -0.15) is 0 Å². The SMILES string of the molecule is COc1cc(C(O)C(=O)OCc2ccccc2)ccc1OCCCN1CCC(C(O)(c2ccc(F)cc2)c2ccc(F)cc2)CC1. The number of esters is 1. The van der Waals surface area contributed by atoms with E-state index in [0.717, 1.165) is 31.6 Å². The van der Waals surface area contributed by atoms with Gasteiger partial charge in [0, 0.05) is 6.54 Å².